The Morgan fingerprint density at radius 2 is 1.81 bits per heavy atom. The minimum atomic E-state index is -1.31. The number of nitrogens with zero attached hydrogens (tertiary/aromatic N) is 2. The summed E-state index contributed by atoms with van der Waals surface area (Å²) in [5.41, 5.74) is 0.937. The third-order valence-corrected chi connectivity index (χ3v) is 4.11. The fourth-order valence-corrected chi connectivity index (χ4v) is 2.81. The van der Waals surface area contributed by atoms with Crippen LogP contribution in [0.4, 0.5) is 5.69 Å². The zero-order valence-electron chi connectivity index (χ0n) is 14.0. The van der Waals surface area contributed by atoms with Crippen LogP contribution >= 0.6 is 0 Å². The van der Waals surface area contributed by atoms with Gasteiger partial charge in [-0.05, 0) is 12.1 Å². The van der Waals surface area contributed by atoms with Gasteiger partial charge in [0.25, 0.3) is 11.6 Å². The minimum Gasteiger partial charge on any atom is -0.480 e. The molecule has 27 heavy (non-hydrogen) atoms. The summed E-state index contributed by atoms with van der Waals surface area (Å²) in [4.78, 5) is 39.0. The molecule has 0 unspecified atom stereocenters. The van der Waals surface area contributed by atoms with Gasteiger partial charge in [0.1, 0.15) is 6.04 Å². The molecule has 0 spiro atoms. The van der Waals surface area contributed by atoms with E-state index in [1.165, 1.54) is 30.5 Å². The van der Waals surface area contributed by atoms with Crippen molar-refractivity contribution < 1.29 is 19.6 Å². The van der Waals surface area contributed by atoms with Crippen LogP contribution in [-0.4, -0.2) is 32.9 Å². The van der Waals surface area contributed by atoms with E-state index in [1.807, 2.05) is 0 Å². The van der Waals surface area contributed by atoms with E-state index < -0.39 is 22.8 Å². The number of nitro groups is 1. The quantitative estimate of drug-likeness (QED) is 0.511. The summed E-state index contributed by atoms with van der Waals surface area (Å²) in [6, 6.07) is 13.0. The van der Waals surface area contributed by atoms with Crippen molar-refractivity contribution in [3.63, 3.8) is 0 Å². The van der Waals surface area contributed by atoms with Gasteiger partial charge < -0.3 is 10.4 Å². The number of carboxylic acids is 1. The molecule has 8 nitrogen and oxygen atoms in total. The van der Waals surface area contributed by atoms with E-state index in [0.717, 1.165) is 0 Å². The number of nitrogens with one attached hydrogen (secondary N) is 1. The zero-order valence-corrected chi connectivity index (χ0v) is 14.0. The van der Waals surface area contributed by atoms with Gasteiger partial charge in [-0.25, -0.2) is 4.79 Å². The number of carbonyl (C=O) groups is 2. The Kier molecular flexibility index (Phi) is 5.07. The molecule has 0 aliphatic rings. The summed E-state index contributed by atoms with van der Waals surface area (Å²) in [5.74, 6) is -1.86. The number of nitro benzene ring substituents is 1. The second-order valence-corrected chi connectivity index (χ2v) is 5.83. The monoisotopic (exact) mass is 365 g/mol. The van der Waals surface area contributed by atoms with Crippen molar-refractivity contribution in [3.05, 3.63) is 82.0 Å². The lowest BCUT2D eigenvalue weighted by atomic mass is 10.0. The number of carboxylic acid groups (broad SMARTS) is 1. The summed E-state index contributed by atoms with van der Waals surface area (Å²) >= 11 is 0. The smallest absolute Gasteiger partial charge is 0.326 e. The summed E-state index contributed by atoms with van der Waals surface area (Å²) in [7, 11) is 0. The largest absolute Gasteiger partial charge is 0.480 e. The Bertz CT molecular complexity index is 1030. The Morgan fingerprint density at radius 1 is 1.11 bits per heavy atom. The lowest BCUT2D eigenvalue weighted by Gasteiger charge is -2.15. The maximum absolute atomic E-state index is 12.6. The average Bonchev–Trinajstić information content (AvgIpc) is 2.67. The predicted octanol–water partition coefficient (Wildman–Crippen LogP) is 2.57. The molecule has 1 atom stereocenters. The third kappa shape index (κ3) is 3.90. The van der Waals surface area contributed by atoms with Gasteiger partial charge >= 0.3 is 5.97 Å². The average molecular weight is 365 g/mol. The molecule has 3 aromatic rings. The maximum Gasteiger partial charge on any atom is 0.326 e. The number of amides is 1. The van der Waals surface area contributed by atoms with E-state index in [0.29, 0.717) is 10.9 Å². The van der Waals surface area contributed by atoms with Crippen LogP contribution in [0.2, 0.25) is 0 Å². The molecule has 3 rings (SSSR count). The first-order valence-electron chi connectivity index (χ1n) is 8.07. The van der Waals surface area contributed by atoms with Crippen molar-refractivity contribution in [1.82, 2.24) is 10.3 Å². The van der Waals surface area contributed by atoms with Crippen LogP contribution in [0.1, 0.15) is 15.9 Å². The number of hydrogen-bond donors (Lipinski definition) is 2. The molecule has 8 heteroatoms. The number of benzene rings is 2. The summed E-state index contributed by atoms with van der Waals surface area (Å²) in [5, 5.41) is 23.6. The van der Waals surface area contributed by atoms with E-state index in [4.69, 9.17) is 0 Å². The highest BCUT2D eigenvalue weighted by molar-refractivity contribution is 6.06. The van der Waals surface area contributed by atoms with Gasteiger partial charge in [-0.3, -0.25) is 19.9 Å². The number of pyridine rings is 1. The Balaban J connectivity index is 1.88. The van der Waals surface area contributed by atoms with E-state index in [9.17, 15) is 24.8 Å². The first-order chi connectivity index (χ1) is 13.0. The van der Waals surface area contributed by atoms with E-state index in [1.54, 1.807) is 30.3 Å². The van der Waals surface area contributed by atoms with Crippen molar-refractivity contribution in [3.8, 4) is 0 Å². The van der Waals surface area contributed by atoms with Gasteiger partial charge in [0.2, 0.25) is 0 Å². The van der Waals surface area contributed by atoms with Gasteiger partial charge in [-0.1, -0.05) is 36.4 Å². The lowest BCUT2D eigenvalue weighted by molar-refractivity contribution is -0.385. The Labute approximate surface area is 153 Å². The molecule has 0 saturated carbocycles. The predicted molar refractivity (Wildman–Crippen MR) is 97.4 cm³/mol. The zero-order chi connectivity index (χ0) is 19.4. The number of carbonyl (C=O) groups excluding carboxylic acids is 1. The second kappa shape index (κ2) is 7.61. The molecule has 1 amide bonds. The number of hydrogen-bond acceptors (Lipinski definition) is 5. The topological polar surface area (TPSA) is 122 Å². The fourth-order valence-electron chi connectivity index (χ4n) is 2.81. The third-order valence-electron chi connectivity index (χ3n) is 4.11. The number of aliphatic carboxylic acids is 1. The molecule has 1 aromatic heterocycles. The Morgan fingerprint density at radius 3 is 2.56 bits per heavy atom. The van der Waals surface area contributed by atoms with Crippen molar-refractivity contribution in [2.75, 3.05) is 0 Å². The van der Waals surface area contributed by atoms with Crippen LogP contribution in [0.25, 0.3) is 10.9 Å². The first-order valence-corrected chi connectivity index (χ1v) is 8.07. The SMILES string of the molecule is O=C(N[C@H](Cc1ccccc1[N+](=O)[O-])C(=O)O)c1ccnc2ccccc12. The van der Waals surface area contributed by atoms with Gasteiger partial charge in [0, 0.05) is 29.6 Å². The van der Waals surface area contributed by atoms with Crippen LogP contribution in [0.3, 0.4) is 0 Å². The van der Waals surface area contributed by atoms with Crippen LogP contribution < -0.4 is 5.32 Å². The lowest BCUT2D eigenvalue weighted by Crippen LogP contribution is -2.42. The van der Waals surface area contributed by atoms with Crippen molar-refractivity contribution in [2.24, 2.45) is 0 Å². The summed E-state index contributed by atoms with van der Waals surface area (Å²) < 4.78 is 0. The standard InChI is InChI=1S/C19H15N3O5/c23-18(14-9-10-20-15-7-3-2-6-13(14)15)21-16(19(24)25)11-12-5-1-4-8-17(12)22(26)27/h1-10,16H,11H2,(H,21,23)(H,24,25)/t16-/m1/s1. The number of para-hydroxylation sites is 2. The van der Waals surface area contributed by atoms with Gasteiger partial charge in [-0.2, -0.15) is 0 Å². The summed E-state index contributed by atoms with van der Waals surface area (Å²) in [6.45, 7) is 0. The van der Waals surface area contributed by atoms with Gasteiger partial charge in [-0.15, -0.1) is 0 Å². The van der Waals surface area contributed by atoms with Crippen molar-refractivity contribution in [1.29, 1.82) is 0 Å². The van der Waals surface area contributed by atoms with Crippen molar-refractivity contribution in [2.45, 2.75) is 12.5 Å². The highest BCUT2D eigenvalue weighted by Crippen LogP contribution is 2.20. The molecule has 0 radical (unpaired) electrons. The molecular formula is C19H15N3O5. The highest BCUT2D eigenvalue weighted by Gasteiger charge is 2.25. The molecule has 2 N–H and O–H groups in total. The molecular weight excluding hydrogens is 350 g/mol. The van der Waals surface area contributed by atoms with Crippen LogP contribution in [0, 0.1) is 10.1 Å². The maximum atomic E-state index is 12.6. The van der Waals surface area contributed by atoms with Gasteiger partial charge in [0.15, 0.2) is 0 Å². The number of fused-ring (bicyclic) bond motifs is 1. The first kappa shape index (κ1) is 18.0. The number of rotatable bonds is 6. The molecule has 0 saturated heterocycles. The second-order valence-electron chi connectivity index (χ2n) is 5.83. The van der Waals surface area contributed by atoms with E-state index >= 15 is 0 Å². The summed E-state index contributed by atoms with van der Waals surface area (Å²) in [6.07, 6.45) is 1.26. The van der Waals surface area contributed by atoms with Crippen LogP contribution in [0.15, 0.2) is 60.8 Å². The molecule has 0 aliphatic carbocycles. The molecule has 1 heterocycles. The molecule has 0 bridgehead atoms. The van der Waals surface area contributed by atoms with Crippen LogP contribution in [-0.2, 0) is 11.2 Å². The molecule has 0 aliphatic heterocycles. The molecule has 0 fully saturated rings. The normalized spacial score (nSPS) is 11.7. The number of aromatic nitrogens is 1. The van der Waals surface area contributed by atoms with E-state index in [-0.39, 0.29) is 23.2 Å². The molecule has 2 aromatic carbocycles. The Hall–Kier alpha value is -3.81. The van der Waals surface area contributed by atoms with Crippen LogP contribution in [0.5, 0.6) is 0 Å². The minimum absolute atomic E-state index is 0.188. The van der Waals surface area contributed by atoms with Crippen molar-refractivity contribution >= 4 is 28.5 Å². The fraction of sp³-hybridized carbons (Fsp3) is 0.105. The van der Waals surface area contributed by atoms with E-state index in [2.05, 4.69) is 10.3 Å². The highest BCUT2D eigenvalue weighted by atomic mass is 16.6. The van der Waals surface area contributed by atoms with Gasteiger partial charge in [0.05, 0.1) is 16.0 Å². The molecule has 136 valence electrons.